The van der Waals surface area contributed by atoms with Crippen LogP contribution in [0.4, 0.5) is 0 Å². The molecule has 1 aliphatic rings. The van der Waals surface area contributed by atoms with E-state index < -0.39 is 0 Å². The predicted octanol–water partition coefficient (Wildman–Crippen LogP) is 3.30. The van der Waals surface area contributed by atoms with Gasteiger partial charge in [-0.15, -0.1) is 0 Å². The van der Waals surface area contributed by atoms with Crippen LogP contribution in [0.5, 0.6) is 0 Å². The molecule has 1 heterocycles. The Labute approximate surface area is 117 Å². The van der Waals surface area contributed by atoms with Gasteiger partial charge in [0.15, 0.2) is 0 Å². The molecule has 0 aliphatic carbocycles. The summed E-state index contributed by atoms with van der Waals surface area (Å²) in [6.45, 7) is 11.5. The van der Waals surface area contributed by atoms with Gasteiger partial charge in [-0.2, -0.15) is 0 Å². The van der Waals surface area contributed by atoms with Gasteiger partial charge in [0, 0.05) is 5.41 Å². The summed E-state index contributed by atoms with van der Waals surface area (Å²) in [5.41, 5.74) is 10.4. The zero-order valence-corrected chi connectivity index (χ0v) is 12.8. The Morgan fingerprint density at radius 3 is 2.42 bits per heavy atom. The lowest BCUT2D eigenvalue weighted by Gasteiger charge is -2.43. The molecular weight excluding hydrogens is 234 g/mol. The second-order valence-electron chi connectivity index (χ2n) is 6.95. The summed E-state index contributed by atoms with van der Waals surface area (Å²) in [6, 6.07) is 6.92. The van der Waals surface area contributed by atoms with E-state index in [1.54, 1.807) is 0 Å². The maximum Gasteiger partial charge on any atom is 0.0585 e. The maximum absolute atomic E-state index is 5.69. The molecule has 0 saturated carbocycles. The van der Waals surface area contributed by atoms with Gasteiger partial charge >= 0.3 is 0 Å². The number of hydrogen-bond donors (Lipinski definition) is 1. The third-order valence-corrected chi connectivity index (χ3v) is 4.29. The predicted molar refractivity (Wildman–Crippen MR) is 80.7 cm³/mol. The molecule has 0 atom stereocenters. The maximum atomic E-state index is 5.69. The number of aryl methyl sites for hydroxylation is 1. The summed E-state index contributed by atoms with van der Waals surface area (Å²) >= 11 is 0. The summed E-state index contributed by atoms with van der Waals surface area (Å²) < 4.78 is 5.53. The van der Waals surface area contributed by atoms with Crippen LogP contribution in [0.2, 0.25) is 0 Å². The van der Waals surface area contributed by atoms with Crippen LogP contribution in [0.1, 0.15) is 50.3 Å². The van der Waals surface area contributed by atoms with Crippen molar-refractivity contribution >= 4 is 0 Å². The van der Waals surface area contributed by atoms with Gasteiger partial charge in [0.25, 0.3) is 0 Å². The first-order chi connectivity index (χ1) is 8.89. The van der Waals surface area contributed by atoms with Crippen LogP contribution in [-0.2, 0) is 15.6 Å². The highest BCUT2D eigenvalue weighted by molar-refractivity contribution is 5.41. The van der Waals surface area contributed by atoms with E-state index in [9.17, 15) is 0 Å². The first kappa shape index (κ1) is 14.5. The number of benzene rings is 1. The molecule has 1 aromatic rings. The Hall–Kier alpha value is -0.860. The van der Waals surface area contributed by atoms with E-state index >= 15 is 0 Å². The van der Waals surface area contributed by atoms with Gasteiger partial charge in [-0.3, -0.25) is 0 Å². The molecule has 0 unspecified atom stereocenters. The lowest BCUT2D eigenvalue weighted by Crippen LogP contribution is -2.47. The summed E-state index contributed by atoms with van der Waals surface area (Å²) in [7, 11) is 0. The number of hydrogen-bond acceptors (Lipinski definition) is 2. The first-order valence-corrected chi connectivity index (χ1v) is 7.28. The summed E-state index contributed by atoms with van der Waals surface area (Å²) in [6.07, 6.45) is 2.21. The summed E-state index contributed by atoms with van der Waals surface area (Å²) in [5, 5.41) is 0. The normalized spacial score (nSPS) is 18.2. The van der Waals surface area contributed by atoms with Crippen molar-refractivity contribution in [1.82, 2.24) is 0 Å². The highest BCUT2D eigenvalue weighted by Gasteiger charge is 2.40. The zero-order chi connectivity index (χ0) is 14.1. The topological polar surface area (TPSA) is 35.2 Å². The van der Waals surface area contributed by atoms with Crippen LogP contribution >= 0.6 is 0 Å². The molecule has 1 saturated heterocycles. The fourth-order valence-corrected chi connectivity index (χ4v) is 2.88. The number of nitrogens with two attached hydrogens (primary N) is 1. The minimum Gasteiger partial charge on any atom is -0.379 e. The lowest BCUT2D eigenvalue weighted by atomic mass is 9.71. The number of rotatable bonds is 4. The molecule has 2 N–H and O–H groups in total. The Bertz CT molecular complexity index is 441. The third kappa shape index (κ3) is 2.85. The van der Waals surface area contributed by atoms with Crippen LogP contribution < -0.4 is 5.73 Å². The molecule has 106 valence electrons. The van der Waals surface area contributed by atoms with Gasteiger partial charge in [0.2, 0.25) is 0 Å². The monoisotopic (exact) mass is 261 g/mol. The van der Waals surface area contributed by atoms with Crippen molar-refractivity contribution in [3.8, 4) is 0 Å². The van der Waals surface area contributed by atoms with E-state index in [2.05, 4.69) is 45.9 Å². The largest absolute Gasteiger partial charge is 0.379 e. The van der Waals surface area contributed by atoms with Crippen LogP contribution in [0, 0.1) is 6.92 Å². The molecule has 1 aromatic carbocycles. The second kappa shape index (κ2) is 5.26. The molecule has 0 bridgehead atoms. The van der Waals surface area contributed by atoms with Crippen molar-refractivity contribution in [2.24, 2.45) is 5.73 Å². The number of ether oxygens (including phenoxy) is 1. The molecule has 2 heteroatoms. The van der Waals surface area contributed by atoms with Crippen molar-refractivity contribution in [3.63, 3.8) is 0 Å². The first-order valence-electron chi connectivity index (χ1n) is 7.28. The molecule has 19 heavy (non-hydrogen) atoms. The molecule has 1 fully saturated rings. The average molecular weight is 261 g/mol. The third-order valence-electron chi connectivity index (χ3n) is 4.29. The average Bonchev–Trinajstić information content (AvgIpc) is 2.28. The van der Waals surface area contributed by atoms with Gasteiger partial charge in [0.1, 0.15) is 0 Å². The Kier molecular flexibility index (Phi) is 4.03. The van der Waals surface area contributed by atoms with Gasteiger partial charge in [-0.25, -0.2) is 0 Å². The van der Waals surface area contributed by atoms with E-state index in [-0.39, 0.29) is 10.8 Å². The van der Waals surface area contributed by atoms with Crippen molar-refractivity contribution in [3.05, 3.63) is 34.9 Å². The molecule has 0 radical (unpaired) electrons. The molecule has 2 nitrogen and oxygen atoms in total. The minimum absolute atomic E-state index is 0.197. The minimum atomic E-state index is 0.197. The van der Waals surface area contributed by atoms with Crippen molar-refractivity contribution in [2.45, 2.75) is 51.4 Å². The van der Waals surface area contributed by atoms with Crippen LogP contribution in [0.15, 0.2) is 18.2 Å². The van der Waals surface area contributed by atoms with E-state index in [0.717, 1.165) is 32.6 Å². The van der Waals surface area contributed by atoms with Crippen LogP contribution in [0.3, 0.4) is 0 Å². The highest BCUT2D eigenvalue weighted by atomic mass is 16.5. The zero-order valence-electron chi connectivity index (χ0n) is 12.8. The van der Waals surface area contributed by atoms with Crippen molar-refractivity contribution < 1.29 is 4.74 Å². The van der Waals surface area contributed by atoms with Crippen molar-refractivity contribution in [1.29, 1.82) is 0 Å². The van der Waals surface area contributed by atoms with Gasteiger partial charge in [-0.05, 0) is 48.4 Å². The van der Waals surface area contributed by atoms with Gasteiger partial charge in [-0.1, -0.05) is 39.0 Å². The molecule has 2 rings (SSSR count). The molecular formula is C17H27NO. The lowest BCUT2D eigenvalue weighted by molar-refractivity contribution is -0.0652. The van der Waals surface area contributed by atoms with E-state index in [4.69, 9.17) is 10.5 Å². The Morgan fingerprint density at radius 1 is 1.26 bits per heavy atom. The molecule has 1 aliphatic heterocycles. The van der Waals surface area contributed by atoms with Gasteiger partial charge < -0.3 is 10.5 Å². The quantitative estimate of drug-likeness (QED) is 0.902. The molecule has 0 amide bonds. The standard InChI is InChI=1S/C17H27NO/c1-13-6-7-14(16(2,3)4)10-15(13)17(8-5-9-18)11-19-12-17/h6-7,10H,5,8-9,11-12,18H2,1-4H3. The molecule has 0 spiro atoms. The Morgan fingerprint density at radius 2 is 1.95 bits per heavy atom. The molecule has 0 aromatic heterocycles. The van der Waals surface area contributed by atoms with Gasteiger partial charge in [0.05, 0.1) is 13.2 Å². The highest BCUT2D eigenvalue weighted by Crippen LogP contribution is 2.40. The smallest absolute Gasteiger partial charge is 0.0585 e. The fraction of sp³-hybridized carbons (Fsp3) is 0.647. The van der Waals surface area contributed by atoms with E-state index in [1.807, 2.05) is 0 Å². The Balaban J connectivity index is 2.37. The summed E-state index contributed by atoms with van der Waals surface area (Å²) in [5.74, 6) is 0. The van der Waals surface area contributed by atoms with Crippen LogP contribution in [-0.4, -0.2) is 19.8 Å². The second-order valence-corrected chi connectivity index (χ2v) is 6.95. The van der Waals surface area contributed by atoms with E-state index in [0.29, 0.717) is 0 Å². The SMILES string of the molecule is Cc1ccc(C(C)(C)C)cc1C1(CCCN)COC1. The van der Waals surface area contributed by atoms with E-state index in [1.165, 1.54) is 16.7 Å². The van der Waals surface area contributed by atoms with Crippen molar-refractivity contribution in [2.75, 3.05) is 19.8 Å². The fourth-order valence-electron chi connectivity index (χ4n) is 2.88. The van der Waals surface area contributed by atoms with Crippen LogP contribution in [0.25, 0.3) is 0 Å². The summed E-state index contributed by atoms with van der Waals surface area (Å²) in [4.78, 5) is 0.